The average Bonchev–Trinajstić information content (AvgIpc) is 3.41. The SMILES string of the molecule is CCn1cc(C2=C(c3c[nH]c4c(Br)cccc34)C(=O)N(CO)C2=O)c2cccc(Br)c21. The Balaban J connectivity index is 1.88. The minimum atomic E-state index is -0.674. The first kappa shape index (κ1) is 20.2. The lowest BCUT2D eigenvalue weighted by molar-refractivity contribution is -0.139. The van der Waals surface area contributed by atoms with E-state index in [1.165, 1.54) is 0 Å². The number of benzene rings is 2. The van der Waals surface area contributed by atoms with E-state index in [1.807, 2.05) is 54.1 Å². The Morgan fingerprint density at radius 3 is 2.26 bits per heavy atom. The van der Waals surface area contributed by atoms with E-state index in [0.29, 0.717) is 28.8 Å². The van der Waals surface area contributed by atoms with Crippen molar-refractivity contribution in [2.45, 2.75) is 13.5 Å². The van der Waals surface area contributed by atoms with Gasteiger partial charge in [-0.3, -0.25) is 14.5 Å². The predicted molar refractivity (Wildman–Crippen MR) is 127 cm³/mol. The molecule has 0 fully saturated rings. The number of nitrogens with zero attached hydrogens (tertiary/aromatic N) is 2. The number of H-pyrrole nitrogens is 1. The number of nitrogens with one attached hydrogen (secondary N) is 1. The van der Waals surface area contributed by atoms with Gasteiger partial charge < -0.3 is 14.7 Å². The van der Waals surface area contributed by atoms with Gasteiger partial charge >= 0.3 is 0 Å². The van der Waals surface area contributed by atoms with E-state index in [2.05, 4.69) is 36.8 Å². The summed E-state index contributed by atoms with van der Waals surface area (Å²) in [6.07, 6.45) is 3.65. The molecular weight excluding hydrogens is 526 g/mol. The highest BCUT2D eigenvalue weighted by Gasteiger charge is 2.41. The molecule has 156 valence electrons. The summed E-state index contributed by atoms with van der Waals surface area (Å²) in [5, 5.41) is 11.5. The van der Waals surface area contributed by atoms with Crippen molar-refractivity contribution in [3.05, 3.63) is 68.9 Å². The summed E-state index contributed by atoms with van der Waals surface area (Å²) in [7, 11) is 0. The second-order valence-electron chi connectivity index (χ2n) is 7.26. The molecule has 0 saturated carbocycles. The van der Waals surface area contributed by atoms with Gasteiger partial charge in [-0.15, -0.1) is 0 Å². The number of fused-ring (bicyclic) bond motifs is 2. The van der Waals surface area contributed by atoms with Gasteiger partial charge in [-0.05, 0) is 50.9 Å². The third-order valence-electron chi connectivity index (χ3n) is 5.70. The van der Waals surface area contributed by atoms with Crippen molar-refractivity contribution in [3.63, 3.8) is 0 Å². The fourth-order valence-electron chi connectivity index (χ4n) is 4.29. The maximum absolute atomic E-state index is 13.3. The third-order valence-corrected chi connectivity index (χ3v) is 7.00. The molecule has 0 atom stereocenters. The lowest BCUT2D eigenvalue weighted by Gasteiger charge is -2.10. The van der Waals surface area contributed by atoms with Gasteiger partial charge in [0.1, 0.15) is 6.73 Å². The number of para-hydroxylation sites is 2. The summed E-state index contributed by atoms with van der Waals surface area (Å²) in [5.41, 5.74) is 3.69. The van der Waals surface area contributed by atoms with E-state index in [-0.39, 0.29) is 0 Å². The molecule has 0 spiro atoms. The van der Waals surface area contributed by atoms with E-state index >= 15 is 0 Å². The molecular formula is C23H17Br2N3O3. The number of carbonyl (C=O) groups excluding carboxylic acids is 2. The second-order valence-corrected chi connectivity index (χ2v) is 8.97. The number of carbonyl (C=O) groups is 2. The highest BCUT2D eigenvalue weighted by atomic mass is 79.9. The molecule has 31 heavy (non-hydrogen) atoms. The van der Waals surface area contributed by atoms with Crippen LogP contribution in [0.4, 0.5) is 0 Å². The van der Waals surface area contributed by atoms with Crippen LogP contribution in [0.15, 0.2) is 57.7 Å². The van der Waals surface area contributed by atoms with Crippen molar-refractivity contribution in [2.75, 3.05) is 6.73 Å². The Labute approximate surface area is 194 Å². The Bertz CT molecular complexity index is 1430. The number of imide groups is 1. The van der Waals surface area contributed by atoms with Crippen molar-refractivity contribution in [3.8, 4) is 0 Å². The Hall–Kier alpha value is -2.68. The van der Waals surface area contributed by atoms with Crippen molar-refractivity contribution < 1.29 is 14.7 Å². The Kier molecular flexibility index (Phi) is 4.88. The Morgan fingerprint density at radius 1 is 0.935 bits per heavy atom. The number of aryl methyl sites for hydroxylation is 1. The number of halogens is 2. The molecule has 2 amide bonds. The molecule has 4 aromatic rings. The summed E-state index contributed by atoms with van der Waals surface area (Å²) in [5.74, 6) is -1.00. The molecule has 2 N–H and O–H groups in total. The van der Waals surface area contributed by atoms with Crippen LogP contribution in [0.1, 0.15) is 18.1 Å². The van der Waals surface area contributed by atoms with Crippen molar-refractivity contribution in [2.24, 2.45) is 0 Å². The number of aromatic amines is 1. The van der Waals surface area contributed by atoms with Gasteiger partial charge in [0, 0.05) is 49.8 Å². The standard InChI is InChI=1S/C23H17Br2N3O3/c1-2-27-10-15(13-6-4-8-17(25)21(13)27)19-18(22(30)28(11-29)23(19)31)14-9-26-20-12(14)5-3-7-16(20)24/h3-10,26,29H,2,11H2,1H3. The van der Waals surface area contributed by atoms with Crippen LogP contribution in [0.25, 0.3) is 33.0 Å². The molecule has 0 saturated heterocycles. The Morgan fingerprint density at radius 2 is 1.58 bits per heavy atom. The summed E-state index contributed by atoms with van der Waals surface area (Å²) in [6.45, 7) is 2.05. The quantitative estimate of drug-likeness (QED) is 0.360. The largest absolute Gasteiger partial charge is 0.376 e. The van der Waals surface area contributed by atoms with E-state index < -0.39 is 18.5 Å². The number of aliphatic hydroxyl groups is 1. The summed E-state index contributed by atoms with van der Waals surface area (Å²) in [4.78, 5) is 30.7. The van der Waals surface area contributed by atoms with E-state index in [1.54, 1.807) is 6.20 Å². The van der Waals surface area contributed by atoms with Gasteiger partial charge in [0.05, 0.1) is 22.2 Å². The summed E-state index contributed by atoms with van der Waals surface area (Å²) < 4.78 is 3.82. The van der Waals surface area contributed by atoms with Crippen molar-refractivity contribution >= 4 is 76.6 Å². The van der Waals surface area contributed by atoms with Crippen molar-refractivity contribution in [1.82, 2.24) is 14.5 Å². The molecule has 5 rings (SSSR count). The average molecular weight is 543 g/mol. The van der Waals surface area contributed by atoms with Crippen LogP contribution >= 0.6 is 31.9 Å². The van der Waals surface area contributed by atoms with Gasteiger partial charge in [-0.1, -0.05) is 24.3 Å². The van der Waals surface area contributed by atoms with Gasteiger partial charge in [0.15, 0.2) is 0 Å². The highest BCUT2D eigenvalue weighted by molar-refractivity contribution is 9.11. The van der Waals surface area contributed by atoms with Gasteiger partial charge in [0.2, 0.25) is 0 Å². The monoisotopic (exact) mass is 541 g/mol. The first-order valence-electron chi connectivity index (χ1n) is 9.73. The van der Waals surface area contributed by atoms with E-state index in [4.69, 9.17) is 0 Å². The van der Waals surface area contributed by atoms with E-state index in [0.717, 1.165) is 35.7 Å². The number of hydrogen-bond donors (Lipinski definition) is 2. The maximum Gasteiger partial charge on any atom is 0.264 e. The molecule has 1 aliphatic heterocycles. The second kappa shape index (κ2) is 7.47. The number of rotatable bonds is 4. The molecule has 3 heterocycles. The fraction of sp³-hybridized carbons (Fsp3) is 0.130. The number of hydrogen-bond acceptors (Lipinski definition) is 3. The zero-order chi connectivity index (χ0) is 21.9. The van der Waals surface area contributed by atoms with Crippen LogP contribution in [0.3, 0.4) is 0 Å². The molecule has 0 aliphatic carbocycles. The molecule has 6 nitrogen and oxygen atoms in total. The molecule has 0 bridgehead atoms. The van der Waals surface area contributed by atoms with Crippen LogP contribution in [-0.4, -0.2) is 38.1 Å². The molecule has 2 aromatic carbocycles. The maximum atomic E-state index is 13.3. The first-order chi connectivity index (χ1) is 15.0. The smallest absolute Gasteiger partial charge is 0.264 e. The summed E-state index contributed by atoms with van der Waals surface area (Å²) in [6, 6.07) is 11.5. The van der Waals surface area contributed by atoms with Crippen molar-refractivity contribution in [1.29, 1.82) is 0 Å². The summed E-state index contributed by atoms with van der Waals surface area (Å²) >= 11 is 7.13. The molecule has 2 aromatic heterocycles. The zero-order valence-electron chi connectivity index (χ0n) is 16.4. The molecule has 0 unspecified atom stereocenters. The lowest BCUT2D eigenvalue weighted by Crippen LogP contribution is -2.32. The minimum Gasteiger partial charge on any atom is -0.376 e. The van der Waals surface area contributed by atoms with E-state index in [9.17, 15) is 14.7 Å². The van der Waals surface area contributed by atoms with Crippen LogP contribution in [0.5, 0.6) is 0 Å². The normalized spacial score (nSPS) is 14.6. The fourth-order valence-corrected chi connectivity index (χ4v) is 5.37. The van der Waals surface area contributed by atoms with Crippen LogP contribution < -0.4 is 0 Å². The first-order valence-corrected chi connectivity index (χ1v) is 11.3. The predicted octanol–water partition coefficient (Wildman–Crippen LogP) is 4.90. The van der Waals surface area contributed by atoms with Crippen LogP contribution in [-0.2, 0) is 16.1 Å². The zero-order valence-corrected chi connectivity index (χ0v) is 19.6. The molecule has 1 aliphatic rings. The topological polar surface area (TPSA) is 78.3 Å². The molecule has 0 radical (unpaired) electrons. The van der Waals surface area contributed by atoms with Crippen LogP contribution in [0.2, 0.25) is 0 Å². The molecule has 8 heteroatoms. The minimum absolute atomic E-state index is 0.290. The highest BCUT2D eigenvalue weighted by Crippen LogP contribution is 2.42. The van der Waals surface area contributed by atoms with Crippen LogP contribution in [0, 0.1) is 0 Å². The third kappa shape index (κ3) is 2.86. The number of aliphatic hydroxyl groups excluding tert-OH is 1. The number of amides is 2. The van der Waals surface area contributed by atoms with Gasteiger partial charge in [-0.2, -0.15) is 0 Å². The van der Waals surface area contributed by atoms with Gasteiger partial charge in [-0.25, -0.2) is 0 Å². The van der Waals surface area contributed by atoms with Gasteiger partial charge in [0.25, 0.3) is 11.8 Å². The number of aromatic nitrogens is 2. The lowest BCUT2D eigenvalue weighted by atomic mass is 9.95.